The fraction of sp³-hybridized carbons (Fsp3) is 0.409. The van der Waals surface area contributed by atoms with Gasteiger partial charge in [0.25, 0.3) is 16.1 Å². The van der Waals surface area contributed by atoms with E-state index in [-0.39, 0.29) is 43.8 Å². The van der Waals surface area contributed by atoms with Crippen LogP contribution in [0.3, 0.4) is 0 Å². The van der Waals surface area contributed by atoms with Gasteiger partial charge in [0, 0.05) is 39.1 Å². The van der Waals surface area contributed by atoms with E-state index in [1.807, 2.05) is 0 Å². The van der Waals surface area contributed by atoms with Gasteiger partial charge in [0.2, 0.25) is 0 Å². The second kappa shape index (κ2) is 9.32. The lowest BCUT2D eigenvalue weighted by molar-refractivity contribution is -0.137. The summed E-state index contributed by atoms with van der Waals surface area (Å²) in [7, 11) is -0.851. The van der Waals surface area contributed by atoms with Crippen LogP contribution in [0.15, 0.2) is 48.5 Å². The van der Waals surface area contributed by atoms with Crippen LogP contribution in [-0.2, 0) is 21.8 Å². The third kappa shape index (κ3) is 5.31. The Labute approximate surface area is 191 Å². The number of carbonyl (C=O) groups excluding carboxylic acids is 1. The Morgan fingerprint density at radius 2 is 1.76 bits per heavy atom. The van der Waals surface area contributed by atoms with E-state index in [2.05, 4.69) is 5.32 Å². The molecule has 0 bridgehead atoms. The maximum absolute atomic E-state index is 13.4. The normalized spacial score (nSPS) is 17.2. The molecule has 1 amide bonds. The minimum absolute atomic E-state index is 0.0165. The van der Waals surface area contributed by atoms with E-state index < -0.39 is 33.3 Å². The molecule has 1 saturated heterocycles. The van der Waals surface area contributed by atoms with Gasteiger partial charge >= 0.3 is 6.18 Å². The topological polar surface area (TPSA) is 90.0 Å². The number of para-hydroxylation sites is 1. The largest absolute Gasteiger partial charge is 0.507 e. The van der Waals surface area contributed by atoms with Crippen LogP contribution < -0.4 is 5.32 Å². The molecule has 1 aliphatic heterocycles. The molecule has 0 radical (unpaired) electrons. The highest BCUT2D eigenvalue weighted by Gasteiger charge is 2.41. The van der Waals surface area contributed by atoms with Crippen molar-refractivity contribution in [2.75, 3.05) is 33.7 Å². The number of hydrogen-bond donors (Lipinski definition) is 2. The molecule has 3 rings (SSSR count). The molecule has 0 aromatic heterocycles. The van der Waals surface area contributed by atoms with E-state index >= 15 is 0 Å². The molecule has 11 heteroatoms. The summed E-state index contributed by atoms with van der Waals surface area (Å²) in [4.78, 5) is 12.7. The van der Waals surface area contributed by atoms with E-state index in [0.29, 0.717) is 5.56 Å². The highest BCUT2D eigenvalue weighted by atomic mass is 32.2. The van der Waals surface area contributed by atoms with Crippen molar-refractivity contribution in [1.82, 2.24) is 13.9 Å². The van der Waals surface area contributed by atoms with Crippen LogP contribution in [0, 0.1) is 0 Å². The Hall–Kier alpha value is -2.63. The Balaban J connectivity index is 1.91. The summed E-state index contributed by atoms with van der Waals surface area (Å²) in [6.45, 7) is 0.157. The number of carbonyl (C=O) groups is 1. The number of alkyl halides is 3. The van der Waals surface area contributed by atoms with Crippen molar-refractivity contribution >= 4 is 16.1 Å². The minimum Gasteiger partial charge on any atom is -0.507 e. The summed E-state index contributed by atoms with van der Waals surface area (Å²) in [6, 6.07) is 10.9. The first-order chi connectivity index (χ1) is 15.4. The average Bonchev–Trinajstić information content (AvgIpc) is 2.77. The number of nitrogens with one attached hydrogen (secondary N) is 1. The Morgan fingerprint density at radius 1 is 1.12 bits per heavy atom. The van der Waals surface area contributed by atoms with Crippen LogP contribution in [0.1, 0.15) is 34.3 Å². The molecule has 0 aliphatic carbocycles. The van der Waals surface area contributed by atoms with Crippen molar-refractivity contribution < 1.29 is 31.5 Å². The number of rotatable bonds is 6. The van der Waals surface area contributed by atoms with E-state index in [9.17, 15) is 31.5 Å². The molecule has 33 heavy (non-hydrogen) atoms. The van der Waals surface area contributed by atoms with Crippen molar-refractivity contribution in [3.05, 3.63) is 65.2 Å². The number of phenols is 1. The molecular weight excluding hydrogens is 459 g/mol. The van der Waals surface area contributed by atoms with Gasteiger partial charge in [0.1, 0.15) is 5.75 Å². The molecule has 7 nitrogen and oxygen atoms in total. The molecule has 180 valence electrons. The van der Waals surface area contributed by atoms with Gasteiger partial charge in [-0.25, -0.2) is 0 Å². The standard InChI is InChI=1S/C22H26F3N3O4S/c1-27(2)33(31,32)28-12-10-21(11-13-28,16-6-5-7-17(14-16)22(23,24)25)15-26-20(30)18-8-3-4-9-19(18)29/h3-9,14,29H,10-13,15H2,1-2H3,(H,26,30). The first-order valence-corrected chi connectivity index (χ1v) is 11.7. The smallest absolute Gasteiger partial charge is 0.416 e. The highest BCUT2D eigenvalue weighted by Crippen LogP contribution is 2.39. The Bertz CT molecular complexity index is 1110. The predicted octanol–water partition coefficient (Wildman–Crippen LogP) is 2.98. The zero-order valence-corrected chi connectivity index (χ0v) is 19.1. The monoisotopic (exact) mass is 485 g/mol. The Kier molecular flexibility index (Phi) is 7.06. The lowest BCUT2D eigenvalue weighted by atomic mass is 9.72. The summed E-state index contributed by atoms with van der Waals surface area (Å²) < 4.78 is 67.5. The van der Waals surface area contributed by atoms with Gasteiger partial charge in [-0.2, -0.15) is 30.2 Å². The van der Waals surface area contributed by atoms with Gasteiger partial charge in [-0.1, -0.05) is 30.3 Å². The fourth-order valence-corrected chi connectivity index (χ4v) is 5.09. The fourth-order valence-electron chi connectivity index (χ4n) is 3.98. The molecule has 2 aromatic rings. The van der Waals surface area contributed by atoms with Crippen molar-refractivity contribution in [2.45, 2.75) is 24.4 Å². The molecule has 1 fully saturated rings. The summed E-state index contributed by atoms with van der Waals surface area (Å²) in [5, 5.41) is 12.7. The average molecular weight is 486 g/mol. The number of benzene rings is 2. The van der Waals surface area contributed by atoms with Gasteiger partial charge in [-0.15, -0.1) is 0 Å². The van der Waals surface area contributed by atoms with Crippen LogP contribution in [0.5, 0.6) is 5.75 Å². The minimum atomic E-state index is -4.54. The van der Waals surface area contributed by atoms with Crippen LogP contribution in [0.25, 0.3) is 0 Å². The number of phenolic OH excluding ortho intramolecular Hbond substituents is 1. The molecule has 2 N–H and O–H groups in total. The van der Waals surface area contributed by atoms with E-state index in [1.165, 1.54) is 36.6 Å². The molecular formula is C22H26F3N3O4S. The van der Waals surface area contributed by atoms with Crippen LogP contribution in [-0.4, -0.2) is 61.8 Å². The maximum Gasteiger partial charge on any atom is 0.416 e. The van der Waals surface area contributed by atoms with Crippen LogP contribution >= 0.6 is 0 Å². The van der Waals surface area contributed by atoms with Crippen LogP contribution in [0.2, 0.25) is 0 Å². The van der Waals surface area contributed by atoms with Gasteiger partial charge in [-0.05, 0) is 36.6 Å². The summed E-state index contributed by atoms with van der Waals surface area (Å²) >= 11 is 0. The van der Waals surface area contributed by atoms with E-state index in [4.69, 9.17) is 0 Å². The number of piperidine rings is 1. The number of halogens is 3. The highest BCUT2D eigenvalue weighted by molar-refractivity contribution is 7.86. The van der Waals surface area contributed by atoms with Crippen molar-refractivity contribution in [1.29, 1.82) is 0 Å². The summed E-state index contributed by atoms with van der Waals surface area (Å²) in [5.74, 6) is -0.780. The van der Waals surface area contributed by atoms with Crippen molar-refractivity contribution in [2.24, 2.45) is 0 Å². The zero-order valence-electron chi connectivity index (χ0n) is 18.3. The van der Waals surface area contributed by atoms with Gasteiger partial charge < -0.3 is 10.4 Å². The van der Waals surface area contributed by atoms with Gasteiger partial charge in [0.05, 0.1) is 11.1 Å². The third-order valence-corrected chi connectivity index (χ3v) is 7.95. The molecule has 0 unspecified atom stereocenters. The second-order valence-electron chi connectivity index (χ2n) is 8.25. The molecule has 0 atom stereocenters. The molecule has 0 saturated carbocycles. The zero-order chi connectivity index (χ0) is 24.4. The lowest BCUT2D eigenvalue weighted by Crippen LogP contribution is -2.52. The summed E-state index contributed by atoms with van der Waals surface area (Å²) in [6.07, 6.45) is -4.11. The SMILES string of the molecule is CN(C)S(=O)(=O)N1CCC(CNC(=O)c2ccccc2O)(c2cccc(C(F)(F)F)c2)CC1. The second-order valence-corrected chi connectivity index (χ2v) is 10.4. The molecule has 0 spiro atoms. The molecule has 2 aromatic carbocycles. The van der Waals surface area contributed by atoms with E-state index in [0.717, 1.165) is 16.4 Å². The number of aromatic hydroxyl groups is 1. The number of nitrogens with zero attached hydrogens (tertiary/aromatic N) is 2. The quantitative estimate of drug-likeness (QED) is 0.659. The number of hydrogen-bond acceptors (Lipinski definition) is 4. The third-order valence-electron chi connectivity index (χ3n) is 6.01. The maximum atomic E-state index is 13.4. The van der Waals surface area contributed by atoms with Crippen molar-refractivity contribution in [3.8, 4) is 5.75 Å². The molecule has 1 heterocycles. The predicted molar refractivity (Wildman–Crippen MR) is 117 cm³/mol. The summed E-state index contributed by atoms with van der Waals surface area (Å²) in [5.41, 5.74) is -1.31. The van der Waals surface area contributed by atoms with Gasteiger partial charge in [0.15, 0.2) is 0 Å². The molecule has 1 aliphatic rings. The number of amides is 1. The van der Waals surface area contributed by atoms with Crippen molar-refractivity contribution in [3.63, 3.8) is 0 Å². The lowest BCUT2D eigenvalue weighted by Gasteiger charge is -2.42. The van der Waals surface area contributed by atoms with E-state index in [1.54, 1.807) is 18.2 Å². The first kappa shape index (κ1) is 25.0. The first-order valence-electron chi connectivity index (χ1n) is 10.3. The Morgan fingerprint density at radius 3 is 2.33 bits per heavy atom. The van der Waals surface area contributed by atoms with Gasteiger partial charge in [-0.3, -0.25) is 4.79 Å². The van der Waals surface area contributed by atoms with Crippen LogP contribution in [0.4, 0.5) is 13.2 Å².